The lowest BCUT2D eigenvalue weighted by Crippen LogP contribution is -2.53. The van der Waals surface area contributed by atoms with Crippen LogP contribution in [0.3, 0.4) is 0 Å². The summed E-state index contributed by atoms with van der Waals surface area (Å²) < 4.78 is 0. The van der Waals surface area contributed by atoms with Gasteiger partial charge in [-0.25, -0.2) is 4.79 Å². The van der Waals surface area contributed by atoms with Crippen molar-refractivity contribution in [3.05, 3.63) is 11.6 Å². The van der Waals surface area contributed by atoms with E-state index in [1.165, 1.54) is 12.0 Å². The molecular weight excluding hydrogens is 254 g/mol. The molecule has 112 valence electrons. The minimum absolute atomic E-state index is 0.00602. The van der Waals surface area contributed by atoms with E-state index in [1.54, 1.807) is 4.90 Å². The van der Waals surface area contributed by atoms with Crippen molar-refractivity contribution >= 4 is 11.9 Å². The average molecular weight is 279 g/mol. The molecule has 0 radical (unpaired) electrons. The van der Waals surface area contributed by atoms with E-state index >= 15 is 0 Å². The van der Waals surface area contributed by atoms with E-state index in [4.69, 9.17) is 0 Å². The molecule has 0 saturated carbocycles. The summed E-state index contributed by atoms with van der Waals surface area (Å²) >= 11 is 0. The first-order chi connectivity index (χ1) is 9.60. The highest BCUT2D eigenvalue weighted by atomic mass is 16.4. The van der Waals surface area contributed by atoms with Crippen LogP contribution >= 0.6 is 0 Å². The summed E-state index contributed by atoms with van der Waals surface area (Å²) in [6.07, 6.45) is 9.74. The van der Waals surface area contributed by atoms with Crippen molar-refractivity contribution in [2.75, 3.05) is 6.54 Å². The summed E-state index contributed by atoms with van der Waals surface area (Å²) in [5, 5.41) is 9.61. The zero-order valence-electron chi connectivity index (χ0n) is 12.4. The van der Waals surface area contributed by atoms with Crippen molar-refractivity contribution < 1.29 is 14.7 Å². The first-order valence-electron chi connectivity index (χ1n) is 7.82. The number of amides is 1. The SMILES string of the molecule is CCCC1(C(=O)O)CCCN1C(=O)CC1=CCCCC1. The number of allylic oxidation sites excluding steroid dienone is 1. The largest absolute Gasteiger partial charge is 0.479 e. The number of carbonyl (C=O) groups is 2. The lowest BCUT2D eigenvalue weighted by molar-refractivity contribution is -0.156. The van der Waals surface area contributed by atoms with Crippen molar-refractivity contribution in [1.82, 2.24) is 4.90 Å². The van der Waals surface area contributed by atoms with Crippen molar-refractivity contribution in [1.29, 1.82) is 0 Å². The minimum Gasteiger partial charge on any atom is -0.479 e. The third kappa shape index (κ3) is 2.89. The molecule has 4 heteroatoms. The highest BCUT2D eigenvalue weighted by molar-refractivity contribution is 5.88. The van der Waals surface area contributed by atoms with Crippen molar-refractivity contribution in [2.24, 2.45) is 0 Å². The number of nitrogens with zero attached hydrogens (tertiary/aromatic N) is 1. The third-order valence-electron chi connectivity index (χ3n) is 4.61. The average Bonchev–Trinajstić information content (AvgIpc) is 2.85. The van der Waals surface area contributed by atoms with Gasteiger partial charge in [0, 0.05) is 13.0 Å². The predicted octanol–water partition coefficient (Wildman–Crippen LogP) is 3.12. The molecule has 1 fully saturated rings. The Morgan fingerprint density at radius 3 is 2.75 bits per heavy atom. The Balaban J connectivity index is 2.10. The Morgan fingerprint density at radius 2 is 2.15 bits per heavy atom. The van der Waals surface area contributed by atoms with Crippen LogP contribution in [0.1, 0.15) is 64.7 Å². The smallest absolute Gasteiger partial charge is 0.329 e. The molecule has 1 amide bonds. The number of carboxylic acids is 1. The highest BCUT2D eigenvalue weighted by Crippen LogP contribution is 2.35. The summed E-state index contributed by atoms with van der Waals surface area (Å²) in [4.78, 5) is 25.9. The van der Waals surface area contributed by atoms with Crippen molar-refractivity contribution in [3.8, 4) is 0 Å². The fourth-order valence-electron chi connectivity index (χ4n) is 3.60. The Kier molecular flexibility index (Phi) is 4.84. The lowest BCUT2D eigenvalue weighted by atomic mass is 9.89. The second kappa shape index (κ2) is 6.42. The lowest BCUT2D eigenvalue weighted by Gasteiger charge is -2.35. The van der Waals surface area contributed by atoms with Crippen LogP contribution in [0, 0.1) is 0 Å². The minimum atomic E-state index is -0.943. The summed E-state index contributed by atoms with van der Waals surface area (Å²) in [6.45, 7) is 2.58. The van der Waals surface area contributed by atoms with E-state index in [9.17, 15) is 14.7 Å². The molecule has 4 nitrogen and oxygen atoms in total. The van der Waals surface area contributed by atoms with E-state index in [2.05, 4.69) is 6.08 Å². The molecule has 1 heterocycles. The number of carbonyl (C=O) groups excluding carboxylic acids is 1. The molecule has 0 bridgehead atoms. The maximum Gasteiger partial charge on any atom is 0.329 e. The van der Waals surface area contributed by atoms with Crippen LogP contribution in [0.5, 0.6) is 0 Å². The molecule has 20 heavy (non-hydrogen) atoms. The zero-order valence-corrected chi connectivity index (χ0v) is 12.4. The fraction of sp³-hybridized carbons (Fsp3) is 0.750. The van der Waals surface area contributed by atoms with Crippen LogP contribution in [0.15, 0.2) is 11.6 Å². The molecule has 1 atom stereocenters. The van der Waals surface area contributed by atoms with Gasteiger partial charge in [0.2, 0.25) is 5.91 Å². The molecule has 1 aliphatic heterocycles. The van der Waals surface area contributed by atoms with Gasteiger partial charge in [0.05, 0.1) is 0 Å². The van der Waals surface area contributed by atoms with Gasteiger partial charge in [0.1, 0.15) is 5.54 Å². The van der Waals surface area contributed by atoms with Crippen LogP contribution in [0.4, 0.5) is 0 Å². The molecule has 1 N–H and O–H groups in total. The summed E-state index contributed by atoms with van der Waals surface area (Å²) in [5.74, 6) is -0.825. The normalized spacial score (nSPS) is 26.4. The molecule has 0 aromatic carbocycles. The van der Waals surface area contributed by atoms with Gasteiger partial charge in [-0.3, -0.25) is 4.79 Å². The highest BCUT2D eigenvalue weighted by Gasteiger charge is 2.48. The maximum atomic E-state index is 12.5. The number of hydrogen-bond acceptors (Lipinski definition) is 2. The van der Waals surface area contributed by atoms with E-state index < -0.39 is 11.5 Å². The quantitative estimate of drug-likeness (QED) is 0.787. The molecule has 1 unspecified atom stereocenters. The Bertz CT molecular complexity index is 416. The first-order valence-corrected chi connectivity index (χ1v) is 7.82. The monoisotopic (exact) mass is 279 g/mol. The number of rotatable bonds is 5. The number of hydrogen-bond donors (Lipinski definition) is 1. The van der Waals surface area contributed by atoms with Crippen LogP contribution in [-0.2, 0) is 9.59 Å². The maximum absolute atomic E-state index is 12.5. The van der Waals surface area contributed by atoms with Crippen LogP contribution < -0.4 is 0 Å². The first kappa shape index (κ1) is 15.1. The van der Waals surface area contributed by atoms with Crippen LogP contribution in [0.25, 0.3) is 0 Å². The molecule has 1 saturated heterocycles. The molecule has 2 aliphatic rings. The van der Waals surface area contributed by atoms with E-state index in [0.29, 0.717) is 25.8 Å². The molecule has 0 spiro atoms. The molecule has 2 rings (SSSR count). The molecule has 1 aliphatic carbocycles. The summed E-state index contributed by atoms with van der Waals surface area (Å²) in [6, 6.07) is 0. The van der Waals surface area contributed by atoms with E-state index in [0.717, 1.165) is 32.1 Å². The molecule has 0 aromatic heterocycles. The Labute approximate surface area is 120 Å². The van der Waals surface area contributed by atoms with Gasteiger partial charge >= 0.3 is 5.97 Å². The van der Waals surface area contributed by atoms with Gasteiger partial charge < -0.3 is 10.0 Å². The zero-order chi connectivity index (χ0) is 14.6. The molecule has 0 aromatic rings. The van der Waals surface area contributed by atoms with Crippen molar-refractivity contribution in [2.45, 2.75) is 70.3 Å². The van der Waals surface area contributed by atoms with Gasteiger partial charge in [-0.05, 0) is 44.9 Å². The Hall–Kier alpha value is -1.32. The number of likely N-dealkylation sites (tertiary alicyclic amines) is 1. The second-order valence-corrected chi connectivity index (χ2v) is 6.02. The topological polar surface area (TPSA) is 57.6 Å². The second-order valence-electron chi connectivity index (χ2n) is 6.02. The number of aliphatic carboxylic acids is 1. The summed E-state index contributed by atoms with van der Waals surface area (Å²) in [7, 11) is 0. The van der Waals surface area contributed by atoms with Gasteiger partial charge in [0.15, 0.2) is 0 Å². The van der Waals surface area contributed by atoms with Gasteiger partial charge in [0.25, 0.3) is 0 Å². The van der Waals surface area contributed by atoms with E-state index in [1.807, 2.05) is 6.92 Å². The fourth-order valence-corrected chi connectivity index (χ4v) is 3.60. The van der Waals surface area contributed by atoms with Crippen LogP contribution in [0.2, 0.25) is 0 Å². The number of carboxylic acid groups (broad SMARTS) is 1. The van der Waals surface area contributed by atoms with E-state index in [-0.39, 0.29) is 5.91 Å². The van der Waals surface area contributed by atoms with Crippen LogP contribution in [-0.4, -0.2) is 34.0 Å². The van der Waals surface area contributed by atoms with Gasteiger partial charge in [-0.15, -0.1) is 0 Å². The standard InChI is InChI=1S/C16H25NO3/c1-2-9-16(15(19)20)10-6-11-17(16)14(18)12-13-7-4-3-5-8-13/h7H,2-6,8-12H2,1H3,(H,19,20). The van der Waals surface area contributed by atoms with Gasteiger partial charge in [-0.1, -0.05) is 25.0 Å². The summed E-state index contributed by atoms with van der Waals surface area (Å²) in [5.41, 5.74) is 0.255. The third-order valence-corrected chi connectivity index (χ3v) is 4.61. The van der Waals surface area contributed by atoms with Gasteiger partial charge in [-0.2, -0.15) is 0 Å². The van der Waals surface area contributed by atoms with Crippen molar-refractivity contribution in [3.63, 3.8) is 0 Å². The molecular formula is C16H25NO3. The Morgan fingerprint density at radius 1 is 1.35 bits per heavy atom. The predicted molar refractivity (Wildman–Crippen MR) is 77.4 cm³/mol.